The van der Waals surface area contributed by atoms with Gasteiger partial charge >= 0.3 is 5.97 Å². The van der Waals surface area contributed by atoms with Gasteiger partial charge in [-0.15, -0.1) is 0 Å². The van der Waals surface area contributed by atoms with Gasteiger partial charge in [-0.3, -0.25) is 9.59 Å². The summed E-state index contributed by atoms with van der Waals surface area (Å²) in [7, 11) is 2.63. The molecule has 2 aliphatic heterocycles. The van der Waals surface area contributed by atoms with E-state index in [0.717, 1.165) is 24.8 Å². The molecule has 0 bridgehead atoms. The third kappa shape index (κ3) is 13.7. The first-order valence-electron chi connectivity index (χ1n) is 17.8. The molecule has 18 nitrogen and oxygen atoms in total. The number of hydrogen-bond acceptors (Lipinski definition) is 16. The summed E-state index contributed by atoms with van der Waals surface area (Å²) in [5.41, 5.74) is 0.783. The molecular formula is C35H56N2O16. The minimum absolute atomic E-state index is 0.0923. The van der Waals surface area contributed by atoms with Crippen LogP contribution in [0.1, 0.15) is 45.1 Å². The first-order chi connectivity index (χ1) is 25.4. The number of aliphatic hydroxyl groups is 5. The molecule has 1 aromatic rings. The Kier molecular flexibility index (Phi) is 19.3. The molecule has 4 unspecified atom stereocenters. The molecule has 53 heavy (non-hydrogen) atoms. The Morgan fingerprint density at radius 1 is 0.811 bits per heavy atom. The lowest BCUT2D eigenvalue weighted by Crippen LogP contribution is -2.62. The molecule has 0 radical (unpaired) electrons. The number of ether oxygens (including phenoxy) is 8. The summed E-state index contributed by atoms with van der Waals surface area (Å²) in [6.45, 7) is 3.10. The van der Waals surface area contributed by atoms with E-state index in [2.05, 4.69) is 10.6 Å². The highest BCUT2D eigenvalue weighted by Crippen LogP contribution is 2.27. The summed E-state index contributed by atoms with van der Waals surface area (Å²) in [4.78, 5) is 37.4. The van der Waals surface area contributed by atoms with Crippen molar-refractivity contribution in [3.8, 4) is 5.75 Å². The number of amides is 2. The van der Waals surface area contributed by atoms with Gasteiger partial charge in [-0.1, -0.05) is 31.9 Å². The second-order valence-electron chi connectivity index (χ2n) is 12.7. The van der Waals surface area contributed by atoms with E-state index in [1.165, 1.54) is 14.2 Å². The zero-order valence-corrected chi connectivity index (χ0v) is 30.7. The third-order valence-corrected chi connectivity index (χ3v) is 8.68. The molecule has 11 atom stereocenters. The van der Waals surface area contributed by atoms with Gasteiger partial charge in [-0.25, -0.2) is 4.79 Å². The van der Waals surface area contributed by atoms with E-state index in [-0.39, 0.29) is 38.7 Å². The lowest BCUT2D eigenvalue weighted by Gasteiger charge is -2.43. The molecule has 2 fully saturated rings. The molecule has 2 heterocycles. The number of hydrogen-bond donors (Lipinski definition) is 7. The minimum Gasteiger partial charge on any atom is -0.492 e. The van der Waals surface area contributed by atoms with Crippen molar-refractivity contribution in [1.29, 1.82) is 0 Å². The first kappa shape index (κ1) is 44.4. The van der Waals surface area contributed by atoms with Crippen LogP contribution >= 0.6 is 0 Å². The minimum atomic E-state index is -1.63. The van der Waals surface area contributed by atoms with E-state index < -0.39 is 92.5 Å². The van der Waals surface area contributed by atoms with Crippen LogP contribution < -0.4 is 15.4 Å². The maximum Gasteiger partial charge on any atom is 0.328 e. The van der Waals surface area contributed by atoms with Gasteiger partial charge in [0.05, 0.1) is 26.4 Å². The predicted octanol–water partition coefficient (Wildman–Crippen LogP) is -1.70. The van der Waals surface area contributed by atoms with E-state index in [1.54, 1.807) is 31.2 Å². The summed E-state index contributed by atoms with van der Waals surface area (Å²) in [5.74, 6) is -0.760. The van der Waals surface area contributed by atoms with Gasteiger partial charge in [-0.05, 0) is 31.0 Å². The summed E-state index contributed by atoms with van der Waals surface area (Å²) < 4.78 is 43.2. The molecule has 0 aromatic heterocycles. The average molecular weight is 761 g/mol. The van der Waals surface area contributed by atoms with Gasteiger partial charge in [0.2, 0.25) is 11.8 Å². The number of nitrogens with one attached hydrogen (secondary N) is 2. The third-order valence-electron chi connectivity index (χ3n) is 8.68. The highest BCUT2D eigenvalue weighted by molar-refractivity contribution is 5.84. The standard InChI is InChI=1S/C35H56N2O16/c1-5-7-8-9-25(38)37-22(33(45)48-6-2)16-20-10-12-21(13-11-20)49-15-14-36-26(39)19-50-32-28(41)24(52-34(47-4)31(32)44)18-51-35-30(43)29(42)27(40)23(53-35)17-46-3/h10-13,22-24,27-32,34-35,40-44H,5-9,14-19H2,1-4H3,(H,36,39)(H,37,38)/t22-,23?,24?,27+,28+,29-,30?,31?,32-,34-,35-/m0/s1. The maximum atomic E-state index is 12.5. The van der Waals surface area contributed by atoms with Crippen LogP contribution in [-0.2, 0) is 54.0 Å². The largest absolute Gasteiger partial charge is 0.492 e. The average Bonchev–Trinajstić information content (AvgIpc) is 3.14. The fourth-order valence-corrected chi connectivity index (χ4v) is 5.76. The smallest absolute Gasteiger partial charge is 0.328 e. The highest BCUT2D eigenvalue weighted by Gasteiger charge is 2.48. The molecule has 7 N–H and O–H groups in total. The Morgan fingerprint density at radius 3 is 2.17 bits per heavy atom. The Labute approximate surface area is 308 Å². The number of carbonyl (C=O) groups excluding carboxylic acids is 3. The van der Waals surface area contributed by atoms with Crippen LogP contribution in [0.4, 0.5) is 0 Å². The lowest BCUT2D eigenvalue weighted by molar-refractivity contribution is -0.331. The van der Waals surface area contributed by atoms with Crippen LogP contribution in [0, 0.1) is 0 Å². The fraction of sp³-hybridized carbons (Fsp3) is 0.743. The van der Waals surface area contributed by atoms with Crippen molar-refractivity contribution in [1.82, 2.24) is 10.6 Å². The molecule has 1 aromatic carbocycles. The van der Waals surface area contributed by atoms with E-state index in [0.29, 0.717) is 12.2 Å². The van der Waals surface area contributed by atoms with Gasteiger partial charge in [0.25, 0.3) is 0 Å². The van der Waals surface area contributed by atoms with Gasteiger partial charge in [0.15, 0.2) is 12.6 Å². The van der Waals surface area contributed by atoms with Gasteiger partial charge in [0.1, 0.15) is 73.8 Å². The molecule has 2 amide bonds. The molecule has 3 rings (SSSR count). The predicted molar refractivity (Wildman–Crippen MR) is 183 cm³/mol. The first-order valence-corrected chi connectivity index (χ1v) is 17.8. The maximum absolute atomic E-state index is 12.5. The number of aliphatic hydroxyl groups excluding tert-OH is 5. The quantitative estimate of drug-likeness (QED) is 0.0514. The molecule has 18 heteroatoms. The Morgan fingerprint density at radius 2 is 1.51 bits per heavy atom. The Bertz CT molecular complexity index is 1240. The van der Waals surface area contributed by atoms with Crippen LogP contribution in [0.25, 0.3) is 0 Å². The van der Waals surface area contributed by atoms with Gasteiger partial charge < -0.3 is 74.1 Å². The number of rotatable bonds is 22. The Balaban J connectivity index is 1.44. The van der Waals surface area contributed by atoms with Crippen LogP contribution in [0.15, 0.2) is 24.3 Å². The number of benzene rings is 1. The monoisotopic (exact) mass is 760 g/mol. The van der Waals surface area contributed by atoms with Crippen molar-refractivity contribution in [2.24, 2.45) is 0 Å². The number of esters is 1. The van der Waals surface area contributed by atoms with Crippen LogP contribution in [0.5, 0.6) is 5.75 Å². The normalized spacial score (nSPS) is 29.2. The molecular weight excluding hydrogens is 704 g/mol. The van der Waals surface area contributed by atoms with Crippen LogP contribution in [0.3, 0.4) is 0 Å². The molecule has 0 saturated carbocycles. The van der Waals surface area contributed by atoms with Crippen molar-refractivity contribution in [3.63, 3.8) is 0 Å². The zero-order chi connectivity index (χ0) is 38.9. The highest BCUT2D eigenvalue weighted by atomic mass is 16.7. The number of unbranched alkanes of at least 4 members (excludes halogenated alkanes) is 2. The Hall–Kier alpha value is -3.01. The zero-order valence-electron chi connectivity index (χ0n) is 30.7. The number of methoxy groups -OCH3 is 2. The van der Waals surface area contributed by atoms with Gasteiger partial charge in [0, 0.05) is 27.1 Å². The summed E-state index contributed by atoms with van der Waals surface area (Å²) in [5, 5.41) is 57.6. The summed E-state index contributed by atoms with van der Waals surface area (Å²) in [6, 6.07) is 6.13. The van der Waals surface area contributed by atoms with Crippen LogP contribution in [-0.4, -0.2) is 165 Å². The van der Waals surface area contributed by atoms with E-state index in [4.69, 9.17) is 37.9 Å². The second kappa shape index (κ2) is 23.0. The van der Waals surface area contributed by atoms with E-state index >= 15 is 0 Å². The van der Waals surface area contributed by atoms with Crippen molar-refractivity contribution in [2.45, 2.75) is 113 Å². The van der Waals surface area contributed by atoms with Crippen molar-refractivity contribution in [3.05, 3.63) is 29.8 Å². The van der Waals surface area contributed by atoms with Crippen molar-refractivity contribution in [2.75, 3.05) is 53.8 Å². The molecule has 2 saturated heterocycles. The second-order valence-corrected chi connectivity index (χ2v) is 12.7. The molecule has 0 aliphatic carbocycles. The van der Waals surface area contributed by atoms with Crippen LogP contribution in [0.2, 0.25) is 0 Å². The molecule has 0 spiro atoms. The summed E-state index contributed by atoms with van der Waals surface area (Å²) >= 11 is 0. The van der Waals surface area contributed by atoms with Crippen molar-refractivity contribution >= 4 is 17.8 Å². The fourth-order valence-electron chi connectivity index (χ4n) is 5.76. The van der Waals surface area contributed by atoms with Gasteiger partial charge in [-0.2, -0.15) is 0 Å². The SMILES string of the molecule is CCCCCC(=O)N[C@@H](Cc1ccc(OCCNC(=O)CO[C@@H]2C(O)[C@@H](OC)OC(CO[C@H]3OC(COC)[C@@H](O)[C@H](O)C3O)[C@H]2O)cc1)C(=O)OCC. The number of carbonyl (C=O) groups is 3. The topological polar surface area (TPSA) is 250 Å². The molecule has 2 aliphatic rings. The lowest BCUT2D eigenvalue weighted by atomic mass is 9.98. The summed E-state index contributed by atoms with van der Waals surface area (Å²) in [6.07, 6.45) is -10.6. The van der Waals surface area contributed by atoms with E-state index in [1.807, 2.05) is 6.92 Å². The molecule has 302 valence electrons. The van der Waals surface area contributed by atoms with Crippen molar-refractivity contribution < 1.29 is 77.8 Å². The van der Waals surface area contributed by atoms with E-state index in [9.17, 15) is 39.9 Å².